The zero-order valence-corrected chi connectivity index (χ0v) is 11.0. The molecule has 0 radical (unpaired) electrons. The molecule has 1 aromatic heterocycles. The summed E-state index contributed by atoms with van der Waals surface area (Å²) in [5, 5.41) is 0.852. The molecule has 0 spiro atoms. The van der Waals surface area contributed by atoms with Crippen molar-refractivity contribution < 1.29 is 17.9 Å². The van der Waals surface area contributed by atoms with Gasteiger partial charge >= 0.3 is 6.18 Å². The number of rotatable bonds is 2. The van der Waals surface area contributed by atoms with Gasteiger partial charge in [-0.2, -0.15) is 13.2 Å². The van der Waals surface area contributed by atoms with Crippen LogP contribution in [0.4, 0.5) is 13.2 Å². The normalized spacial score (nSPS) is 17.8. The van der Waals surface area contributed by atoms with Crippen molar-refractivity contribution in [1.82, 2.24) is 4.57 Å². The summed E-state index contributed by atoms with van der Waals surface area (Å²) in [6, 6.07) is 5.79. The van der Waals surface area contributed by atoms with Crippen LogP contribution in [0, 0.1) is 5.92 Å². The largest absolute Gasteiger partial charge is 0.416 e. The second-order valence-electron chi connectivity index (χ2n) is 5.30. The first-order chi connectivity index (χ1) is 9.54. The molecule has 20 heavy (non-hydrogen) atoms. The molecule has 0 N–H and O–H groups in total. The van der Waals surface area contributed by atoms with E-state index in [1.54, 1.807) is 6.07 Å². The zero-order valence-electron chi connectivity index (χ0n) is 11.0. The van der Waals surface area contributed by atoms with Crippen LogP contribution in [0.2, 0.25) is 0 Å². The molecule has 108 valence electrons. The summed E-state index contributed by atoms with van der Waals surface area (Å²) in [5.41, 5.74) is 0.0724. The number of hydrogen-bond donors (Lipinski definition) is 0. The van der Waals surface area contributed by atoms with Gasteiger partial charge in [0, 0.05) is 31.5 Å². The fraction of sp³-hybridized carbons (Fsp3) is 0.467. The Kier molecular flexibility index (Phi) is 3.46. The summed E-state index contributed by atoms with van der Waals surface area (Å²) >= 11 is 0. The topological polar surface area (TPSA) is 14.2 Å². The Bertz CT molecular complexity index is 597. The highest BCUT2D eigenvalue weighted by Gasteiger charge is 2.30. The highest BCUT2D eigenvalue weighted by atomic mass is 19.4. The van der Waals surface area contributed by atoms with Crippen LogP contribution in [-0.4, -0.2) is 17.8 Å². The van der Waals surface area contributed by atoms with E-state index in [-0.39, 0.29) is 0 Å². The lowest BCUT2D eigenvalue weighted by Crippen LogP contribution is -2.20. The van der Waals surface area contributed by atoms with Crippen molar-refractivity contribution in [2.45, 2.75) is 25.6 Å². The summed E-state index contributed by atoms with van der Waals surface area (Å²) in [5.74, 6) is 0.480. The van der Waals surface area contributed by atoms with E-state index in [0.717, 1.165) is 44.1 Å². The summed E-state index contributed by atoms with van der Waals surface area (Å²) in [4.78, 5) is 0. The van der Waals surface area contributed by atoms with E-state index in [4.69, 9.17) is 4.74 Å². The number of alkyl halides is 3. The second kappa shape index (κ2) is 5.13. The summed E-state index contributed by atoms with van der Waals surface area (Å²) in [6.07, 6.45) is -0.473. The quantitative estimate of drug-likeness (QED) is 0.809. The molecule has 2 aromatic rings. The van der Waals surface area contributed by atoms with E-state index < -0.39 is 11.7 Å². The SMILES string of the molecule is FC(F)(F)c1ccc2ccn(CC3CCOCC3)c2c1. The molecule has 1 saturated heterocycles. The van der Waals surface area contributed by atoms with Gasteiger partial charge in [-0.25, -0.2) is 0 Å². The average Bonchev–Trinajstić information content (AvgIpc) is 2.82. The molecule has 0 amide bonds. The number of fused-ring (bicyclic) bond motifs is 1. The third-order valence-electron chi connectivity index (χ3n) is 3.90. The first-order valence-electron chi connectivity index (χ1n) is 6.78. The molecule has 1 aromatic carbocycles. The maximum Gasteiger partial charge on any atom is 0.416 e. The van der Waals surface area contributed by atoms with Crippen LogP contribution in [0.5, 0.6) is 0 Å². The number of ether oxygens (including phenoxy) is 1. The van der Waals surface area contributed by atoms with E-state index in [9.17, 15) is 13.2 Å². The van der Waals surface area contributed by atoms with E-state index in [2.05, 4.69) is 0 Å². The van der Waals surface area contributed by atoms with Crippen molar-refractivity contribution in [2.75, 3.05) is 13.2 Å². The van der Waals surface area contributed by atoms with Gasteiger partial charge in [-0.1, -0.05) is 6.07 Å². The fourth-order valence-corrected chi connectivity index (χ4v) is 2.73. The van der Waals surface area contributed by atoms with Crippen molar-refractivity contribution in [1.29, 1.82) is 0 Å². The van der Waals surface area contributed by atoms with Gasteiger partial charge in [0.1, 0.15) is 0 Å². The van der Waals surface area contributed by atoms with Crippen LogP contribution in [0.15, 0.2) is 30.5 Å². The number of hydrogen-bond acceptors (Lipinski definition) is 1. The van der Waals surface area contributed by atoms with Crippen LogP contribution in [0.3, 0.4) is 0 Å². The predicted octanol–water partition coefficient (Wildman–Crippen LogP) is 4.09. The van der Waals surface area contributed by atoms with Crippen molar-refractivity contribution in [3.8, 4) is 0 Å². The lowest BCUT2D eigenvalue weighted by atomic mass is 10.0. The van der Waals surface area contributed by atoms with Gasteiger partial charge in [0.25, 0.3) is 0 Å². The molecule has 3 rings (SSSR count). The first kappa shape index (κ1) is 13.5. The smallest absolute Gasteiger partial charge is 0.381 e. The molecule has 1 aliphatic rings. The first-order valence-corrected chi connectivity index (χ1v) is 6.78. The van der Waals surface area contributed by atoms with Crippen LogP contribution in [0.1, 0.15) is 18.4 Å². The Morgan fingerprint density at radius 3 is 2.60 bits per heavy atom. The van der Waals surface area contributed by atoms with E-state index in [1.165, 1.54) is 6.07 Å². The van der Waals surface area contributed by atoms with Crippen LogP contribution < -0.4 is 0 Å². The highest BCUT2D eigenvalue weighted by molar-refractivity contribution is 5.81. The Hall–Kier alpha value is -1.49. The van der Waals surface area contributed by atoms with E-state index in [0.29, 0.717) is 11.4 Å². The molecule has 0 bridgehead atoms. The fourth-order valence-electron chi connectivity index (χ4n) is 2.73. The summed E-state index contributed by atoms with van der Waals surface area (Å²) in [6.45, 7) is 2.25. The van der Waals surface area contributed by atoms with Gasteiger partial charge in [-0.05, 0) is 42.3 Å². The van der Waals surface area contributed by atoms with Crippen molar-refractivity contribution in [3.05, 3.63) is 36.0 Å². The van der Waals surface area contributed by atoms with Crippen LogP contribution >= 0.6 is 0 Å². The maximum absolute atomic E-state index is 12.8. The molecule has 2 nitrogen and oxygen atoms in total. The molecule has 0 unspecified atom stereocenters. The number of aromatic nitrogens is 1. The predicted molar refractivity (Wildman–Crippen MR) is 70.5 cm³/mol. The lowest BCUT2D eigenvalue weighted by molar-refractivity contribution is -0.137. The zero-order chi connectivity index (χ0) is 14.2. The van der Waals surface area contributed by atoms with Gasteiger partial charge in [-0.3, -0.25) is 0 Å². The van der Waals surface area contributed by atoms with Crippen LogP contribution in [-0.2, 0) is 17.5 Å². The van der Waals surface area contributed by atoms with E-state index in [1.807, 2.05) is 16.8 Å². The third kappa shape index (κ3) is 2.68. The minimum atomic E-state index is -4.29. The molecule has 0 aliphatic carbocycles. The van der Waals surface area contributed by atoms with Gasteiger partial charge < -0.3 is 9.30 Å². The Balaban J connectivity index is 1.90. The van der Waals surface area contributed by atoms with Crippen molar-refractivity contribution >= 4 is 10.9 Å². The number of benzene rings is 1. The van der Waals surface area contributed by atoms with Crippen LogP contribution in [0.25, 0.3) is 10.9 Å². The monoisotopic (exact) mass is 283 g/mol. The minimum Gasteiger partial charge on any atom is -0.381 e. The summed E-state index contributed by atoms with van der Waals surface area (Å²) < 4.78 is 45.6. The summed E-state index contributed by atoms with van der Waals surface area (Å²) in [7, 11) is 0. The van der Waals surface area contributed by atoms with Gasteiger partial charge in [-0.15, -0.1) is 0 Å². The minimum absolute atomic E-state index is 0.480. The van der Waals surface area contributed by atoms with Crippen molar-refractivity contribution in [2.24, 2.45) is 5.92 Å². The average molecular weight is 283 g/mol. The molecule has 0 saturated carbocycles. The number of nitrogens with zero attached hydrogens (tertiary/aromatic N) is 1. The van der Waals surface area contributed by atoms with Gasteiger partial charge in [0.15, 0.2) is 0 Å². The molecular weight excluding hydrogens is 267 g/mol. The molecule has 0 atom stereocenters. The van der Waals surface area contributed by atoms with Crippen molar-refractivity contribution in [3.63, 3.8) is 0 Å². The Morgan fingerprint density at radius 2 is 1.90 bits per heavy atom. The molecule has 1 fully saturated rings. The van der Waals surface area contributed by atoms with E-state index >= 15 is 0 Å². The lowest BCUT2D eigenvalue weighted by Gasteiger charge is -2.23. The molecule has 5 heteroatoms. The standard InChI is InChI=1S/C15H16F3NO/c16-15(17,18)13-2-1-12-3-6-19(14(12)9-13)10-11-4-7-20-8-5-11/h1-3,6,9,11H,4-5,7-8,10H2. The molecular formula is C15H16F3NO. The molecule has 1 aliphatic heterocycles. The maximum atomic E-state index is 12.8. The van der Waals surface area contributed by atoms with Gasteiger partial charge in [0.05, 0.1) is 5.56 Å². The van der Waals surface area contributed by atoms with Gasteiger partial charge in [0.2, 0.25) is 0 Å². The molecule has 2 heterocycles. The Morgan fingerprint density at radius 1 is 1.15 bits per heavy atom. The highest BCUT2D eigenvalue weighted by Crippen LogP contribution is 2.32. The third-order valence-corrected chi connectivity index (χ3v) is 3.90. The Labute approximate surface area is 115 Å². The number of halogens is 3. The second-order valence-corrected chi connectivity index (χ2v) is 5.30.